The predicted octanol–water partition coefficient (Wildman–Crippen LogP) is 5.08. The first-order chi connectivity index (χ1) is 22.1. The fourth-order valence-corrected chi connectivity index (χ4v) is 5.52. The van der Waals surface area contributed by atoms with Crippen LogP contribution in [0.3, 0.4) is 0 Å². The summed E-state index contributed by atoms with van der Waals surface area (Å²) < 4.78 is 61.2. The number of nitrogens with zero attached hydrogens (tertiary/aromatic N) is 4. The van der Waals surface area contributed by atoms with Gasteiger partial charge in [0.1, 0.15) is 0 Å². The molecule has 3 amide bonds. The van der Waals surface area contributed by atoms with E-state index in [0.717, 1.165) is 32.0 Å². The Hall–Kier alpha value is -4.04. The number of carboxylic acids is 1. The number of benzene rings is 2. The van der Waals surface area contributed by atoms with Gasteiger partial charge in [-0.3, -0.25) is 14.4 Å². The molecule has 11 nitrogen and oxygen atoms in total. The van der Waals surface area contributed by atoms with Gasteiger partial charge in [0.15, 0.2) is 17.4 Å². The summed E-state index contributed by atoms with van der Waals surface area (Å²) in [4.78, 5) is 55.2. The number of phenolic OH excluding ortho intramolecular Hbond substituents is 1. The normalized spacial score (nSPS) is 14.9. The van der Waals surface area contributed by atoms with Gasteiger partial charge in [0.05, 0.1) is 22.5 Å². The number of alkyl halides is 3. The SMILES string of the molecule is Cn1c(-c2ccc(O)c(F)c2F)cnc1C(=O)Nc1ccc(C(=O)N2CCC(C(=O)N3CCCC3)CC2)c(Cl)c1.O=C(O)C(F)(F)F.[W]. The van der Waals surface area contributed by atoms with Crippen LogP contribution in [0.4, 0.5) is 27.6 Å². The molecule has 0 radical (unpaired) electrons. The van der Waals surface area contributed by atoms with E-state index in [1.54, 1.807) is 11.0 Å². The zero-order chi connectivity index (χ0) is 34.6. The number of carbonyl (C=O) groups excluding carboxylic acids is 3. The third kappa shape index (κ3) is 8.70. The monoisotopic (exact) mass is 869 g/mol. The van der Waals surface area contributed by atoms with Crippen LogP contribution in [0.5, 0.6) is 5.75 Å². The minimum atomic E-state index is -5.08. The van der Waals surface area contributed by atoms with E-state index in [1.165, 1.54) is 36.0 Å². The summed E-state index contributed by atoms with van der Waals surface area (Å²) in [7, 11) is 1.47. The number of anilines is 1. The van der Waals surface area contributed by atoms with Crippen LogP contribution in [0.15, 0.2) is 36.5 Å². The molecule has 5 rings (SSSR count). The van der Waals surface area contributed by atoms with Crippen molar-refractivity contribution < 1.29 is 72.4 Å². The van der Waals surface area contributed by atoms with Crippen molar-refractivity contribution in [2.45, 2.75) is 31.9 Å². The largest absolute Gasteiger partial charge is 0.505 e. The van der Waals surface area contributed by atoms with Crippen molar-refractivity contribution in [2.75, 3.05) is 31.5 Å². The number of imidazole rings is 1. The summed E-state index contributed by atoms with van der Waals surface area (Å²) in [5.41, 5.74) is 0.562. The van der Waals surface area contributed by atoms with Crippen molar-refractivity contribution >= 4 is 41.0 Å². The van der Waals surface area contributed by atoms with E-state index in [0.29, 0.717) is 31.6 Å². The number of halogens is 6. The smallest absolute Gasteiger partial charge is 0.490 e. The molecule has 0 saturated carbocycles. The topological polar surface area (TPSA) is 145 Å². The minimum Gasteiger partial charge on any atom is -0.505 e. The van der Waals surface area contributed by atoms with Crippen molar-refractivity contribution in [1.82, 2.24) is 19.4 Å². The molecule has 3 aromatic rings. The molecule has 0 unspecified atom stereocenters. The second-order valence-electron chi connectivity index (χ2n) is 10.8. The molecule has 0 atom stereocenters. The number of likely N-dealkylation sites (tertiary alicyclic amines) is 2. The van der Waals surface area contributed by atoms with E-state index in [4.69, 9.17) is 21.5 Å². The number of hydrogen-bond acceptors (Lipinski definition) is 6. The molecule has 258 valence electrons. The van der Waals surface area contributed by atoms with Crippen molar-refractivity contribution in [3.05, 3.63) is 64.6 Å². The van der Waals surface area contributed by atoms with Crippen LogP contribution in [-0.2, 0) is 37.7 Å². The molecular formula is C30H29ClF5N5O6W. The molecule has 2 aliphatic rings. The quantitative estimate of drug-likeness (QED) is 0.304. The number of carbonyl (C=O) groups is 4. The van der Waals surface area contributed by atoms with Gasteiger partial charge in [-0.05, 0) is 56.0 Å². The van der Waals surface area contributed by atoms with Crippen molar-refractivity contribution in [3.63, 3.8) is 0 Å². The van der Waals surface area contributed by atoms with E-state index in [1.807, 2.05) is 4.90 Å². The molecular weight excluding hydrogens is 841 g/mol. The average molecular weight is 870 g/mol. The van der Waals surface area contributed by atoms with Gasteiger partial charge < -0.3 is 29.9 Å². The Bertz CT molecular complexity index is 1690. The fourth-order valence-electron chi connectivity index (χ4n) is 5.26. The van der Waals surface area contributed by atoms with Crippen LogP contribution < -0.4 is 5.32 Å². The molecule has 2 aliphatic heterocycles. The maximum Gasteiger partial charge on any atom is 0.490 e. The van der Waals surface area contributed by atoms with E-state index in [2.05, 4.69) is 10.3 Å². The molecule has 3 heterocycles. The molecule has 3 N–H and O–H groups in total. The van der Waals surface area contributed by atoms with Crippen LogP contribution >= 0.6 is 11.6 Å². The van der Waals surface area contributed by atoms with Crippen molar-refractivity contribution in [1.29, 1.82) is 0 Å². The number of aromatic nitrogens is 2. The zero-order valence-corrected chi connectivity index (χ0v) is 28.9. The Morgan fingerprint density at radius 3 is 2.12 bits per heavy atom. The number of phenols is 1. The molecule has 48 heavy (non-hydrogen) atoms. The van der Waals surface area contributed by atoms with Gasteiger partial charge in [-0.2, -0.15) is 17.6 Å². The maximum atomic E-state index is 14.3. The summed E-state index contributed by atoms with van der Waals surface area (Å²) >= 11 is 6.42. The van der Waals surface area contributed by atoms with Gasteiger partial charge in [0.2, 0.25) is 11.7 Å². The number of aliphatic carboxylic acids is 1. The summed E-state index contributed by atoms with van der Waals surface area (Å²) in [6.07, 6.45) is -0.553. The van der Waals surface area contributed by atoms with E-state index >= 15 is 0 Å². The minimum absolute atomic E-state index is 0. The number of piperidine rings is 1. The Morgan fingerprint density at radius 1 is 0.958 bits per heavy atom. The Labute approximate surface area is 289 Å². The number of aromatic hydroxyl groups is 1. The first kappa shape index (κ1) is 38.4. The summed E-state index contributed by atoms with van der Waals surface area (Å²) in [5, 5.41) is 19.3. The third-order valence-corrected chi connectivity index (χ3v) is 8.09. The summed E-state index contributed by atoms with van der Waals surface area (Å²) in [5.74, 6) is -7.07. The van der Waals surface area contributed by atoms with Gasteiger partial charge in [-0.15, -0.1) is 0 Å². The average Bonchev–Trinajstić information content (AvgIpc) is 3.70. The number of amides is 3. The number of carboxylic acid groups (broad SMARTS) is 1. The van der Waals surface area contributed by atoms with Crippen LogP contribution in [0.2, 0.25) is 5.02 Å². The molecule has 0 aliphatic carbocycles. The molecule has 2 fully saturated rings. The summed E-state index contributed by atoms with van der Waals surface area (Å²) in [6.45, 7) is 2.55. The van der Waals surface area contributed by atoms with Gasteiger partial charge in [0.25, 0.3) is 11.8 Å². The number of hydrogen-bond donors (Lipinski definition) is 3. The molecule has 2 saturated heterocycles. The Morgan fingerprint density at radius 2 is 1.56 bits per heavy atom. The van der Waals surface area contributed by atoms with Crippen LogP contribution in [0.1, 0.15) is 46.7 Å². The second-order valence-corrected chi connectivity index (χ2v) is 11.2. The third-order valence-electron chi connectivity index (χ3n) is 7.78. The first-order valence-corrected chi connectivity index (χ1v) is 14.7. The molecule has 2 aromatic carbocycles. The van der Waals surface area contributed by atoms with Gasteiger partial charge in [-0.1, -0.05) is 11.6 Å². The van der Waals surface area contributed by atoms with Crippen LogP contribution in [-0.4, -0.2) is 85.6 Å². The Kier molecular flexibility index (Phi) is 12.7. The number of nitrogens with one attached hydrogen (secondary N) is 1. The van der Waals surface area contributed by atoms with E-state index < -0.39 is 35.4 Å². The number of rotatable bonds is 5. The predicted molar refractivity (Wildman–Crippen MR) is 158 cm³/mol. The zero-order valence-electron chi connectivity index (χ0n) is 25.2. The van der Waals surface area contributed by atoms with Crippen LogP contribution in [0, 0.1) is 17.6 Å². The van der Waals surface area contributed by atoms with Crippen LogP contribution in [0.25, 0.3) is 11.3 Å². The Balaban J connectivity index is 0.000000706. The standard InChI is InChI=1S/C28H28ClF2N5O4.C2HF3O2.W/c1-34-21(19-6-7-22(37)24(31)23(19)30)15-32-25(34)26(38)33-17-4-5-18(20(29)14-17)28(40)36-12-8-16(9-13-36)27(39)35-10-2-3-11-35;3-2(4,5)1(6)7;/h4-7,14-16,37H,2-3,8-13H2,1H3,(H,33,38);(H,6,7);. The van der Waals surface area contributed by atoms with Crippen molar-refractivity contribution in [2.24, 2.45) is 13.0 Å². The first-order valence-electron chi connectivity index (χ1n) is 14.3. The fraction of sp³-hybridized carbons (Fsp3) is 0.367. The van der Waals surface area contributed by atoms with Gasteiger partial charge >= 0.3 is 12.1 Å². The molecule has 0 spiro atoms. The van der Waals surface area contributed by atoms with E-state index in [9.17, 15) is 41.4 Å². The molecule has 0 bridgehead atoms. The molecule has 18 heteroatoms. The van der Waals surface area contributed by atoms with Gasteiger partial charge in [0, 0.05) is 71.5 Å². The van der Waals surface area contributed by atoms with E-state index in [-0.39, 0.29) is 66.5 Å². The summed E-state index contributed by atoms with van der Waals surface area (Å²) in [6, 6.07) is 6.73. The molecule has 1 aromatic heterocycles. The van der Waals surface area contributed by atoms with Crippen molar-refractivity contribution in [3.8, 4) is 17.0 Å². The second kappa shape index (κ2) is 15.9. The maximum absolute atomic E-state index is 14.3. The van der Waals surface area contributed by atoms with Gasteiger partial charge in [-0.25, -0.2) is 14.2 Å².